The van der Waals surface area contributed by atoms with Crippen molar-refractivity contribution in [2.24, 2.45) is 5.73 Å². The van der Waals surface area contributed by atoms with Crippen molar-refractivity contribution in [3.63, 3.8) is 0 Å². The van der Waals surface area contributed by atoms with Crippen LogP contribution in [0.25, 0.3) is 0 Å². The van der Waals surface area contributed by atoms with Gasteiger partial charge in [-0.2, -0.15) is 0 Å². The normalized spacial score (nSPS) is 16.6. The molecule has 2 aromatic rings. The molecule has 0 aromatic heterocycles. The van der Waals surface area contributed by atoms with Gasteiger partial charge in [0, 0.05) is 6.42 Å². The van der Waals surface area contributed by atoms with Gasteiger partial charge in [-0.25, -0.2) is 0 Å². The molecule has 1 amide bonds. The molecule has 2 N–H and O–H groups in total. The van der Waals surface area contributed by atoms with Crippen LogP contribution in [-0.4, -0.2) is 5.91 Å². The first kappa shape index (κ1) is 15.6. The summed E-state index contributed by atoms with van der Waals surface area (Å²) in [5.74, 6) is 1.16. The third-order valence-corrected chi connectivity index (χ3v) is 4.54. The summed E-state index contributed by atoms with van der Waals surface area (Å²) in [6, 6.07) is 16.6. The first-order valence-electron chi connectivity index (χ1n) is 8.30. The lowest BCUT2D eigenvalue weighted by Gasteiger charge is -2.25. The van der Waals surface area contributed by atoms with E-state index in [1.54, 1.807) is 0 Å². The predicted octanol–water partition coefficient (Wildman–Crippen LogP) is 3.95. The van der Waals surface area contributed by atoms with Gasteiger partial charge in [-0.1, -0.05) is 36.4 Å². The number of carbonyl (C=O) groups excluding carboxylic acids is 1. The molecule has 2 aromatic carbocycles. The fourth-order valence-corrected chi connectivity index (χ4v) is 3.34. The van der Waals surface area contributed by atoms with Crippen molar-refractivity contribution < 1.29 is 9.53 Å². The SMILES string of the molecule is NC(=O)CCC1CCCc2cc(OCc3ccccc3)ccc21. The van der Waals surface area contributed by atoms with Gasteiger partial charge in [-0.05, 0) is 60.4 Å². The number of fused-ring (bicyclic) bond motifs is 1. The maximum absolute atomic E-state index is 11.0. The number of amides is 1. The lowest BCUT2D eigenvalue weighted by atomic mass is 9.80. The number of aryl methyl sites for hydroxylation is 1. The van der Waals surface area contributed by atoms with E-state index in [0.717, 1.165) is 25.0 Å². The van der Waals surface area contributed by atoms with E-state index in [-0.39, 0.29) is 5.91 Å². The highest BCUT2D eigenvalue weighted by Crippen LogP contribution is 2.36. The van der Waals surface area contributed by atoms with E-state index < -0.39 is 0 Å². The van der Waals surface area contributed by atoms with Crippen LogP contribution in [0.3, 0.4) is 0 Å². The Hall–Kier alpha value is -2.29. The minimum Gasteiger partial charge on any atom is -0.489 e. The number of rotatable bonds is 6. The van der Waals surface area contributed by atoms with Crippen LogP contribution in [0, 0.1) is 0 Å². The lowest BCUT2D eigenvalue weighted by molar-refractivity contribution is -0.118. The van der Waals surface area contributed by atoms with Crippen LogP contribution >= 0.6 is 0 Å². The summed E-state index contributed by atoms with van der Waals surface area (Å²) in [6.45, 7) is 0.588. The monoisotopic (exact) mass is 309 g/mol. The van der Waals surface area contributed by atoms with Gasteiger partial charge in [0.05, 0.1) is 0 Å². The fourth-order valence-electron chi connectivity index (χ4n) is 3.34. The average molecular weight is 309 g/mol. The van der Waals surface area contributed by atoms with Crippen LogP contribution in [-0.2, 0) is 17.8 Å². The van der Waals surface area contributed by atoms with Crippen molar-refractivity contribution in [3.8, 4) is 5.75 Å². The summed E-state index contributed by atoms with van der Waals surface area (Å²) in [5, 5.41) is 0. The number of benzene rings is 2. The Labute approximate surface area is 137 Å². The third-order valence-electron chi connectivity index (χ3n) is 4.54. The second-order valence-corrected chi connectivity index (χ2v) is 6.23. The Bertz CT molecular complexity index is 667. The van der Waals surface area contributed by atoms with Gasteiger partial charge in [-0.3, -0.25) is 4.79 Å². The molecule has 0 fully saturated rings. The van der Waals surface area contributed by atoms with Gasteiger partial charge in [0.25, 0.3) is 0 Å². The number of hydrogen-bond acceptors (Lipinski definition) is 2. The van der Waals surface area contributed by atoms with Crippen LogP contribution < -0.4 is 10.5 Å². The average Bonchev–Trinajstić information content (AvgIpc) is 2.58. The highest BCUT2D eigenvalue weighted by Gasteiger charge is 2.21. The zero-order chi connectivity index (χ0) is 16.1. The van der Waals surface area contributed by atoms with E-state index in [1.165, 1.54) is 23.1 Å². The van der Waals surface area contributed by atoms with Gasteiger partial charge in [-0.15, -0.1) is 0 Å². The predicted molar refractivity (Wildman–Crippen MR) is 91.3 cm³/mol. The van der Waals surface area contributed by atoms with E-state index in [2.05, 4.69) is 24.3 Å². The Kier molecular flexibility index (Phi) is 4.96. The number of hydrogen-bond donors (Lipinski definition) is 1. The molecular formula is C20H23NO2. The van der Waals surface area contributed by atoms with Gasteiger partial charge >= 0.3 is 0 Å². The molecule has 120 valence electrons. The van der Waals surface area contributed by atoms with Gasteiger partial charge in [0.15, 0.2) is 0 Å². The van der Waals surface area contributed by atoms with Crippen molar-refractivity contribution in [1.82, 2.24) is 0 Å². The highest BCUT2D eigenvalue weighted by atomic mass is 16.5. The fraction of sp³-hybridized carbons (Fsp3) is 0.350. The second kappa shape index (κ2) is 7.32. The molecule has 0 bridgehead atoms. The molecule has 1 aliphatic rings. The molecule has 3 rings (SSSR count). The summed E-state index contributed by atoms with van der Waals surface area (Å²) in [6.07, 6.45) is 4.72. The molecule has 0 radical (unpaired) electrons. The Morgan fingerprint density at radius 3 is 2.78 bits per heavy atom. The standard InChI is InChI=1S/C20H23NO2/c21-20(22)12-9-16-7-4-8-17-13-18(10-11-19(16)17)23-14-15-5-2-1-3-6-15/h1-3,5-6,10-11,13,16H,4,7-9,12,14H2,(H2,21,22). The first-order valence-corrected chi connectivity index (χ1v) is 8.30. The minimum atomic E-state index is -0.208. The largest absolute Gasteiger partial charge is 0.489 e. The molecule has 1 atom stereocenters. The minimum absolute atomic E-state index is 0.208. The quantitative estimate of drug-likeness (QED) is 0.878. The molecule has 0 heterocycles. The highest BCUT2D eigenvalue weighted by molar-refractivity contribution is 5.73. The summed E-state index contributed by atoms with van der Waals surface area (Å²) in [4.78, 5) is 11.0. The summed E-state index contributed by atoms with van der Waals surface area (Å²) >= 11 is 0. The Balaban J connectivity index is 1.67. The number of carbonyl (C=O) groups is 1. The van der Waals surface area contributed by atoms with E-state index in [1.807, 2.05) is 24.3 Å². The summed E-state index contributed by atoms with van der Waals surface area (Å²) in [7, 11) is 0. The van der Waals surface area contributed by atoms with Crippen molar-refractivity contribution in [3.05, 3.63) is 65.2 Å². The van der Waals surface area contributed by atoms with E-state index in [0.29, 0.717) is 18.9 Å². The van der Waals surface area contributed by atoms with Crippen molar-refractivity contribution in [1.29, 1.82) is 0 Å². The maximum Gasteiger partial charge on any atom is 0.217 e. The van der Waals surface area contributed by atoms with Crippen molar-refractivity contribution >= 4 is 5.91 Å². The van der Waals surface area contributed by atoms with Crippen molar-refractivity contribution in [2.45, 2.75) is 44.6 Å². The third kappa shape index (κ3) is 4.13. The smallest absolute Gasteiger partial charge is 0.217 e. The van der Waals surface area contributed by atoms with Crippen LogP contribution in [0.1, 0.15) is 48.3 Å². The van der Waals surface area contributed by atoms with Gasteiger partial charge in [0.1, 0.15) is 12.4 Å². The zero-order valence-electron chi connectivity index (χ0n) is 13.3. The molecular weight excluding hydrogens is 286 g/mol. The van der Waals surface area contributed by atoms with Gasteiger partial charge in [0.2, 0.25) is 5.91 Å². The molecule has 3 nitrogen and oxygen atoms in total. The number of nitrogens with two attached hydrogens (primary N) is 1. The molecule has 0 spiro atoms. The van der Waals surface area contributed by atoms with Crippen molar-refractivity contribution in [2.75, 3.05) is 0 Å². The molecule has 1 aliphatic carbocycles. The molecule has 23 heavy (non-hydrogen) atoms. The summed E-state index contributed by atoms with van der Waals surface area (Å²) < 4.78 is 5.92. The Morgan fingerprint density at radius 2 is 2.00 bits per heavy atom. The number of primary amides is 1. The van der Waals surface area contributed by atoms with E-state index in [9.17, 15) is 4.79 Å². The Morgan fingerprint density at radius 1 is 1.17 bits per heavy atom. The lowest BCUT2D eigenvalue weighted by Crippen LogP contribution is -2.15. The molecule has 1 unspecified atom stereocenters. The second-order valence-electron chi connectivity index (χ2n) is 6.23. The first-order chi connectivity index (χ1) is 11.2. The topological polar surface area (TPSA) is 52.3 Å². The maximum atomic E-state index is 11.0. The van der Waals surface area contributed by atoms with Crippen LogP contribution in [0.5, 0.6) is 5.75 Å². The molecule has 0 saturated heterocycles. The van der Waals surface area contributed by atoms with E-state index >= 15 is 0 Å². The van der Waals surface area contributed by atoms with Crippen LogP contribution in [0.2, 0.25) is 0 Å². The molecule has 3 heteroatoms. The number of ether oxygens (including phenoxy) is 1. The van der Waals surface area contributed by atoms with Crippen LogP contribution in [0.4, 0.5) is 0 Å². The molecule has 0 aliphatic heterocycles. The van der Waals surface area contributed by atoms with Gasteiger partial charge < -0.3 is 10.5 Å². The molecule has 0 saturated carbocycles. The van der Waals surface area contributed by atoms with Crippen LogP contribution in [0.15, 0.2) is 48.5 Å². The zero-order valence-corrected chi connectivity index (χ0v) is 13.3. The summed E-state index contributed by atoms with van der Waals surface area (Å²) in [5.41, 5.74) is 9.18. The van der Waals surface area contributed by atoms with E-state index in [4.69, 9.17) is 10.5 Å².